The van der Waals surface area contributed by atoms with Crippen LogP contribution in [0.4, 0.5) is 14.5 Å². The Hall–Kier alpha value is -2.72. The Morgan fingerprint density at radius 3 is 2.77 bits per heavy atom. The second-order valence-corrected chi connectivity index (χ2v) is 9.31. The highest BCUT2D eigenvalue weighted by atomic mass is 19.3. The number of nitrogens with two attached hydrogens (primary N) is 1. The molecule has 2 heterocycles. The van der Waals surface area contributed by atoms with Crippen molar-refractivity contribution in [3.05, 3.63) is 35.0 Å². The fourth-order valence-electron chi connectivity index (χ4n) is 5.06. The topological polar surface area (TPSA) is 118 Å². The van der Waals surface area contributed by atoms with Gasteiger partial charge in [0.15, 0.2) is 0 Å². The van der Waals surface area contributed by atoms with Crippen LogP contribution in [-0.2, 0) is 11.2 Å². The smallest absolute Gasteiger partial charge is 0.264 e. The normalized spacial score (nSPS) is 19.9. The molecule has 3 rings (SSSR count). The summed E-state index contributed by atoms with van der Waals surface area (Å²) in [5, 5.41) is 21.9. The maximum absolute atomic E-state index is 14.1. The van der Waals surface area contributed by atoms with Crippen LogP contribution in [0.3, 0.4) is 0 Å². The minimum absolute atomic E-state index is 0.0346. The number of nitrogens with zero attached hydrogens (tertiary/aromatic N) is 1. The first-order valence-corrected chi connectivity index (χ1v) is 12.4. The monoisotopic (exact) mass is 491 g/mol. The van der Waals surface area contributed by atoms with Gasteiger partial charge in [-0.2, -0.15) is 0 Å². The van der Waals surface area contributed by atoms with Gasteiger partial charge in [-0.3, -0.25) is 10.2 Å². The predicted octanol–water partition coefficient (Wildman–Crippen LogP) is 2.31. The van der Waals surface area contributed by atoms with Gasteiger partial charge in [0.2, 0.25) is 5.91 Å². The molecule has 1 fully saturated rings. The van der Waals surface area contributed by atoms with E-state index in [1.807, 2.05) is 4.90 Å². The van der Waals surface area contributed by atoms with Crippen LogP contribution in [0.1, 0.15) is 56.2 Å². The van der Waals surface area contributed by atoms with E-state index in [0.29, 0.717) is 36.2 Å². The van der Waals surface area contributed by atoms with Crippen LogP contribution in [0, 0.1) is 11.3 Å². The molecule has 1 saturated heterocycles. The Morgan fingerprint density at radius 2 is 2.17 bits per heavy atom. The number of hydrogen-bond donors (Lipinski definition) is 6. The molecule has 0 bridgehead atoms. The van der Waals surface area contributed by atoms with E-state index >= 15 is 0 Å². The standard InChI is InChI=1S/C25H39F2N7O/c1-4-22(33-17-7-8-31-12-17)20(13-32-15(2)35)25(29)34-9-5-6-16-10-18(21(28)14-30-3)19(24(26)27)11-23(16)34/h10-11,14,17,20,22,24,29-31,33H,4-9,12-13,28H2,1-3H3,(H,32,35)/b21-14-,29-25?. The molecule has 2 aliphatic heterocycles. The van der Waals surface area contributed by atoms with Crippen LogP contribution in [-0.4, -0.2) is 57.1 Å². The van der Waals surface area contributed by atoms with Gasteiger partial charge in [-0.1, -0.05) is 6.92 Å². The number of carbonyl (C=O) groups is 1. The number of alkyl halides is 2. The molecule has 0 spiro atoms. The van der Waals surface area contributed by atoms with Gasteiger partial charge in [0.05, 0.1) is 5.70 Å². The van der Waals surface area contributed by atoms with Crippen LogP contribution < -0.4 is 31.9 Å². The van der Waals surface area contributed by atoms with E-state index in [2.05, 4.69) is 28.2 Å². The number of amidine groups is 1. The van der Waals surface area contributed by atoms with Crippen molar-refractivity contribution in [2.45, 2.75) is 58.0 Å². The molecule has 3 unspecified atom stereocenters. The van der Waals surface area contributed by atoms with Crippen molar-refractivity contribution in [1.82, 2.24) is 21.3 Å². The summed E-state index contributed by atoms with van der Waals surface area (Å²) in [5.74, 6) is -0.133. The zero-order valence-corrected chi connectivity index (χ0v) is 20.9. The van der Waals surface area contributed by atoms with Crippen molar-refractivity contribution in [1.29, 1.82) is 5.41 Å². The highest BCUT2D eigenvalue weighted by Crippen LogP contribution is 2.37. The van der Waals surface area contributed by atoms with Gasteiger partial charge in [-0.05, 0) is 49.9 Å². The summed E-state index contributed by atoms with van der Waals surface area (Å²) in [6, 6.07) is 3.50. The third-order valence-corrected chi connectivity index (χ3v) is 6.86. The molecular weight excluding hydrogens is 452 g/mol. The van der Waals surface area contributed by atoms with Gasteiger partial charge < -0.3 is 31.9 Å². The van der Waals surface area contributed by atoms with Crippen molar-refractivity contribution >= 4 is 23.1 Å². The van der Waals surface area contributed by atoms with Crippen LogP contribution in [0.25, 0.3) is 5.70 Å². The first-order chi connectivity index (χ1) is 16.8. The van der Waals surface area contributed by atoms with E-state index in [4.69, 9.17) is 5.73 Å². The Bertz CT molecular complexity index is 931. The van der Waals surface area contributed by atoms with Gasteiger partial charge in [0.1, 0.15) is 5.84 Å². The Kier molecular flexibility index (Phi) is 9.45. The Morgan fingerprint density at radius 1 is 1.40 bits per heavy atom. The first kappa shape index (κ1) is 26.9. The summed E-state index contributed by atoms with van der Waals surface area (Å²) in [7, 11) is 1.67. The van der Waals surface area contributed by atoms with Gasteiger partial charge in [0.25, 0.3) is 6.43 Å². The van der Waals surface area contributed by atoms with Crippen molar-refractivity contribution < 1.29 is 13.6 Å². The molecule has 1 aromatic carbocycles. The molecule has 35 heavy (non-hydrogen) atoms. The van der Waals surface area contributed by atoms with E-state index < -0.39 is 6.43 Å². The zero-order chi connectivity index (χ0) is 25.5. The van der Waals surface area contributed by atoms with Crippen LogP contribution in [0.5, 0.6) is 0 Å². The lowest BCUT2D eigenvalue weighted by molar-refractivity contribution is -0.119. The summed E-state index contributed by atoms with van der Waals surface area (Å²) in [4.78, 5) is 13.6. The summed E-state index contributed by atoms with van der Waals surface area (Å²) >= 11 is 0. The van der Waals surface area contributed by atoms with Crippen LogP contribution >= 0.6 is 0 Å². The second kappa shape index (κ2) is 12.3. The SMILES string of the molecule is CCC(NC1CCNC1)C(CNC(C)=O)C(=N)N1CCCc2cc(/C(N)=C/NC)c(C(F)F)cc21. The molecule has 7 N–H and O–H groups in total. The molecule has 2 aliphatic rings. The van der Waals surface area contributed by atoms with E-state index in [9.17, 15) is 19.0 Å². The van der Waals surface area contributed by atoms with Gasteiger partial charge in [-0.25, -0.2) is 8.78 Å². The molecule has 1 aromatic rings. The molecule has 1 amide bonds. The molecule has 3 atom stereocenters. The molecule has 0 saturated carbocycles. The van der Waals surface area contributed by atoms with Crippen LogP contribution in [0.15, 0.2) is 18.3 Å². The number of anilines is 1. The number of fused-ring (bicyclic) bond motifs is 1. The van der Waals surface area contributed by atoms with Crippen molar-refractivity contribution in [3.63, 3.8) is 0 Å². The number of amides is 1. The Labute approximate surface area is 206 Å². The number of halogens is 2. The fourth-order valence-corrected chi connectivity index (χ4v) is 5.06. The van der Waals surface area contributed by atoms with Crippen molar-refractivity contribution in [2.75, 3.05) is 38.1 Å². The third-order valence-electron chi connectivity index (χ3n) is 6.86. The average molecular weight is 492 g/mol. The van der Waals surface area contributed by atoms with Crippen molar-refractivity contribution in [3.8, 4) is 0 Å². The predicted molar refractivity (Wildman–Crippen MR) is 137 cm³/mol. The van der Waals surface area contributed by atoms with E-state index in [-0.39, 0.29) is 29.1 Å². The maximum Gasteiger partial charge on any atom is 0.264 e. The summed E-state index contributed by atoms with van der Waals surface area (Å²) in [6.07, 6.45) is 2.10. The minimum Gasteiger partial charge on any atom is -0.397 e. The molecular formula is C25H39F2N7O. The lowest BCUT2D eigenvalue weighted by Gasteiger charge is -2.38. The largest absolute Gasteiger partial charge is 0.397 e. The number of carbonyl (C=O) groups excluding carboxylic acids is 1. The van der Waals surface area contributed by atoms with Crippen LogP contribution in [0.2, 0.25) is 0 Å². The summed E-state index contributed by atoms with van der Waals surface area (Å²) in [6.45, 7) is 6.22. The number of benzene rings is 1. The number of aryl methyl sites for hydroxylation is 1. The van der Waals surface area contributed by atoms with Crippen molar-refractivity contribution in [2.24, 2.45) is 11.7 Å². The third kappa shape index (κ3) is 6.49. The lowest BCUT2D eigenvalue weighted by Crippen LogP contribution is -2.53. The molecule has 0 aliphatic carbocycles. The molecule has 194 valence electrons. The maximum atomic E-state index is 14.1. The number of rotatable bonds is 10. The molecule has 0 radical (unpaired) electrons. The highest BCUT2D eigenvalue weighted by molar-refractivity contribution is 5.99. The molecule has 10 heteroatoms. The minimum atomic E-state index is -2.70. The van der Waals surface area contributed by atoms with E-state index in [1.165, 1.54) is 19.2 Å². The van der Waals surface area contributed by atoms with Gasteiger partial charge in [-0.15, -0.1) is 0 Å². The zero-order valence-electron chi connectivity index (χ0n) is 20.9. The second-order valence-electron chi connectivity index (χ2n) is 9.31. The van der Waals surface area contributed by atoms with Gasteiger partial charge in [0, 0.05) is 74.6 Å². The quantitative estimate of drug-likeness (QED) is 0.221. The molecule has 0 aromatic heterocycles. The van der Waals surface area contributed by atoms with E-state index in [0.717, 1.165) is 44.3 Å². The average Bonchev–Trinajstić information content (AvgIpc) is 3.35. The van der Waals surface area contributed by atoms with Gasteiger partial charge >= 0.3 is 0 Å². The Balaban J connectivity index is 1.97. The summed E-state index contributed by atoms with van der Waals surface area (Å²) < 4.78 is 28.1. The number of hydrogen-bond acceptors (Lipinski definition) is 6. The fraction of sp³-hybridized carbons (Fsp3) is 0.600. The van der Waals surface area contributed by atoms with E-state index in [1.54, 1.807) is 13.1 Å². The summed E-state index contributed by atoms with van der Waals surface area (Å²) in [5.41, 5.74) is 8.03. The highest BCUT2D eigenvalue weighted by Gasteiger charge is 2.33. The lowest BCUT2D eigenvalue weighted by atomic mass is 9.90. The molecule has 8 nitrogen and oxygen atoms in total. The number of nitrogens with one attached hydrogen (secondary N) is 5. The first-order valence-electron chi connectivity index (χ1n) is 12.4.